The molecule has 0 unspecified atom stereocenters. The Morgan fingerprint density at radius 2 is 1.94 bits per heavy atom. The number of fused-ring (bicyclic) bond motifs is 1. The van der Waals surface area contributed by atoms with Crippen LogP contribution in [0.2, 0.25) is 5.02 Å². The van der Waals surface area contributed by atoms with E-state index in [1.807, 2.05) is 55.5 Å². The number of carbonyl (C=O) groups is 1. The molecule has 0 saturated heterocycles. The van der Waals surface area contributed by atoms with E-state index in [1.165, 1.54) is 11.8 Å². The van der Waals surface area contributed by atoms with Gasteiger partial charge in [0.15, 0.2) is 5.16 Å². The van der Waals surface area contributed by atoms with E-state index >= 15 is 0 Å². The first-order valence-electron chi connectivity index (χ1n) is 10.3. The molecule has 0 spiro atoms. The van der Waals surface area contributed by atoms with Crippen LogP contribution >= 0.6 is 23.4 Å². The Labute approximate surface area is 200 Å². The lowest BCUT2D eigenvalue weighted by Crippen LogP contribution is -2.25. The number of anilines is 1. The summed E-state index contributed by atoms with van der Waals surface area (Å²) < 4.78 is 6.92. The van der Waals surface area contributed by atoms with Gasteiger partial charge in [-0.05, 0) is 54.4 Å². The highest BCUT2D eigenvalue weighted by atomic mass is 35.5. The first-order valence-corrected chi connectivity index (χ1v) is 11.6. The lowest BCUT2D eigenvalue weighted by atomic mass is 10.2. The fourth-order valence-electron chi connectivity index (χ4n) is 3.45. The van der Waals surface area contributed by atoms with E-state index in [1.54, 1.807) is 29.9 Å². The van der Waals surface area contributed by atoms with Gasteiger partial charge in [-0.15, -0.1) is 0 Å². The van der Waals surface area contributed by atoms with E-state index in [0.717, 1.165) is 11.1 Å². The number of thioether (sulfide) groups is 1. The summed E-state index contributed by atoms with van der Waals surface area (Å²) in [7, 11) is 1.56. The van der Waals surface area contributed by atoms with Crippen molar-refractivity contribution >= 4 is 45.9 Å². The number of methoxy groups -OCH3 is 1. The standard InChI is InChI=1S/C25H22ClN3O3S/c1-16-10-11-22(32-2)21(12-16)27-23(30)15-33-25-28-20-9-4-3-8-19(20)24(31)29(25)14-17-6-5-7-18(26)13-17/h3-13H,14-15H2,1-2H3,(H,27,30). The summed E-state index contributed by atoms with van der Waals surface area (Å²) in [4.78, 5) is 30.6. The van der Waals surface area contributed by atoms with E-state index in [4.69, 9.17) is 16.3 Å². The Morgan fingerprint density at radius 1 is 1.12 bits per heavy atom. The molecule has 1 aromatic heterocycles. The summed E-state index contributed by atoms with van der Waals surface area (Å²) in [5, 5.41) is 4.46. The number of benzene rings is 3. The molecule has 0 aliphatic carbocycles. The zero-order valence-corrected chi connectivity index (χ0v) is 19.7. The van der Waals surface area contributed by atoms with Crippen LogP contribution in [0.1, 0.15) is 11.1 Å². The van der Waals surface area contributed by atoms with E-state index < -0.39 is 0 Å². The Morgan fingerprint density at radius 3 is 2.73 bits per heavy atom. The fourth-order valence-corrected chi connectivity index (χ4v) is 4.46. The molecule has 8 heteroatoms. The monoisotopic (exact) mass is 479 g/mol. The van der Waals surface area contributed by atoms with Crippen molar-refractivity contribution in [1.82, 2.24) is 9.55 Å². The minimum Gasteiger partial charge on any atom is -0.495 e. The van der Waals surface area contributed by atoms with Crippen LogP contribution in [0.4, 0.5) is 5.69 Å². The zero-order chi connectivity index (χ0) is 23.4. The van der Waals surface area contributed by atoms with Crippen molar-refractivity contribution in [2.45, 2.75) is 18.6 Å². The highest BCUT2D eigenvalue weighted by Crippen LogP contribution is 2.26. The molecule has 4 aromatic rings. The molecule has 0 aliphatic heterocycles. The van der Waals surface area contributed by atoms with Gasteiger partial charge in [-0.1, -0.05) is 53.7 Å². The van der Waals surface area contributed by atoms with Gasteiger partial charge in [-0.2, -0.15) is 0 Å². The number of hydrogen-bond donors (Lipinski definition) is 1. The number of nitrogens with one attached hydrogen (secondary N) is 1. The Bertz CT molecular complexity index is 1390. The third kappa shape index (κ3) is 5.38. The predicted molar refractivity (Wildman–Crippen MR) is 134 cm³/mol. The van der Waals surface area contributed by atoms with Crippen molar-refractivity contribution in [2.24, 2.45) is 0 Å². The quantitative estimate of drug-likeness (QED) is 0.293. The van der Waals surface area contributed by atoms with Gasteiger partial charge < -0.3 is 10.1 Å². The Kier molecular flexibility index (Phi) is 7.01. The average molecular weight is 480 g/mol. The number of nitrogens with zero attached hydrogens (tertiary/aromatic N) is 2. The maximum atomic E-state index is 13.3. The van der Waals surface area contributed by atoms with Crippen molar-refractivity contribution in [3.63, 3.8) is 0 Å². The highest BCUT2D eigenvalue weighted by molar-refractivity contribution is 7.99. The molecular formula is C25H22ClN3O3S. The van der Waals surface area contributed by atoms with Gasteiger partial charge in [0.2, 0.25) is 5.91 Å². The minimum atomic E-state index is -0.222. The number of aromatic nitrogens is 2. The van der Waals surface area contributed by atoms with Crippen LogP contribution in [0.3, 0.4) is 0 Å². The number of hydrogen-bond acceptors (Lipinski definition) is 5. The van der Waals surface area contributed by atoms with Crippen molar-refractivity contribution in [3.8, 4) is 5.75 Å². The third-order valence-corrected chi connectivity index (χ3v) is 6.23. The van der Waals surface area contributed by atoms with E-state index in [9.17, 15) is 9.59 Å². The average Bonchev–Trinajstić information content (AvgIpc) is 2.80. The molecule has 0 radical (unpaired) electrons. The summed E-state index contributed by atoms with van der Waals surface area (Å²) in [5.74, 6) is 0.443. The summed E-state index contributed by atoms with van der Waals surface area (Å²) >= 11 is 7.34. The van der Waals surface area contributed by atoms with E-state index in [0.29, 0.717) is 39.1 Å². The first kappa shape index (κ1) is 22.9. The van der Waals surface area contributed by atoms with Gasteiger partial charge in [0.1, 0.15) is 5.75 Å². The van der Waals surface area contributed by atoms with Gasteiger partial charge >= 0.3 is 0 Å². The molecule has 6 nitrogen and oxygen atoms in total. The van der Waals surface area contributed by atoms with Crippen LogP contribution in [0.15, 0.2) is 76.7 Å². The van der Waals surface area contributed by atoms with Crippen LogP contribution in [-0.4, -0.2) is 28.3 Å². The molecule has 0 aliphatic rings. The molecule has 1 N–H and O–H groups in total. The van der Waals surface area contributed by atoms with Crippen LogP contribution in [0.5, 0.6) is 5.75 Å². The molecule has 0 bridgehead atoms. The molecule has 3 aromatic carbocycles. The van der Waals surface area contributed by atoms with Crippen LogP contribution in [-0.2, 0) is 11.3 Å². The topological polar surface area (TPSA) is 73.2 Å². The summed E-state index contributed by atoms with van der Waals surface area (Å²) in [6.07, 6.45) is 0. The highest BCUT2D eigenvalue weighted by Gasteiger charge is 2.15. The van der Waals surface area contributed by atoms with Gasteiger partial charge in [0.05, 0.1) is 36.0 Å². The molecule has 4 rings (SSSR count). The predicted octanol–water partition coefficient (Wildman–Crippen LogP) is 5.15. The fraction of sp³-hybridized carbons (Fsp3) is 0.160. The molecule has 1 heterocycles. The second-order valence-electron chi connectivity index (χ2n) is 7.47. The molecule has 1 amide bonds. The number of para-hydroxylation sites is 1. The largest absolute Gasteiger partial charge is 0.495 e. The third-order valence-electron chi connectivity index (χ3n) is 5.02. The number of rotatable bonds is 7. The second-order valence-corrected chi connectivity index (χ2v) is 8.85. The SMILES string of the molecule is COc1ccc(C)cc1NC(=O)CSc1nc2ccccc2c(=O)n1Cc1cccc(Cl)c1. The van der Waals surface area contributed by atoms with Crippen molar-refractivity contribution in [3.05, 3.63) is 93.2 Å². The van der Waals surface area contributed by atoms with Gasteiger partial charge in [0, 0.05) is 5.02 Å². The summed E-state index contributed by atoms with van der Waals surface area (Å²) in [5.41, 5.74) is 2.91. The number of ether oxygens (including phenoxy) is 1. The molecule has 33 heavy (non-hydrogen) atoms. The van der Waals surface area contributed by atoms with Gasteiger partial charge in [-0.3, -0.25) is 14.2 Å². The molecule has 168 valence electrons. The van der Waals surface area contributed by atoms with Crippen molar-refractivity contribution in [2.75, 3.05) is 18.2 Å². The Balaban J connectivity index is 1.62. The molecule has 0 fully saturated rings. The maximum Gasteiger partial charge on any atom is 0.262 e. The molecule has 0 atom stereocenters. The van der Waals surface area contributed by atoms with Crippen LogP contribution < -0.4 is 15.6 Å². The maximum absolute atomic E-state index is 13.3. The number of halogens is 1. The number of amides is 1. The summed E-state index contributed by atoms with van der Waals surface area (Å²) in [6, 6.07) is 20.1. The normalized spacial score (nSPS) is 10.9. The molecule has 0 saturated carbocycles. The lowest BCUT2D eigenvalue weighted by molar-refractivity contribution is -0.113. The first-order chi connectivity index (χ1) is 15.9. The van der Waals surface area contributed by atoms with Gasteiger partial charge in [0.25, 0.3) is 5.56 Å². The smallest absolute Gasteiger partial charge is 0.262 e. The van der Waals surface area contributed by atoms with Crippen LogP contribution in [0.25, 0.3) is 10.9 Å². The second kappa shape index (κ2) is 10.1. The lowest BCUT2D eigenvalue weighted by Gasteiger charge is -2.14. The van der Waals surface area contributed by atoms with E-state index in [2.05, 4.69) is 10.3 Å². The number of aryl methyl sites for hydroxylation is 1. The summed E-state index contributed by atoms with van der Waals surface area (Å²) in [6.45, 7) is 2.24. The zero-order valence-electron chi connectivity index (χ0n) is 18.2. The van der Waals surface area contributed by atoms with Crippen molar-refractivity contribution in [1.29, 1.82) is 0 Å². The van der Waals surface area contributed by atoms with Crippen molar-refractivity contribution < 1.29 is 9.53 Å². The number of carbonyl (C=O) groups excluding carboxylic acids is 1. The Hall–Kier alpha value is -3.29. The van der Waals surface area contributed by atoms with Crippen LogP contribution in [0, 0.1) is 6.92 Å². The minimum absolute atomic E-state index is 0.0808. The van der Waals surface area contributed by atoms with Gasteiger partial charge in [-0.25, -0.2) is 4.98 Å². The van der Waals surface area contributed by atoms with E-state index in [-0.39, 0.29) is 17.2 Å². The molecular weight excluding hydrogens is 458 g/mol.